The van der Waals surface area contributed by atoms with Crippen molar-refractivity contribution in [3.63, 3.8) is 0 Å². The molecule has 1 fully saturated rings. The molecule has 0 bridgehead atoms. The molecule has 2 aromatic heterocycles. The molecule has 0 saturated heterocycles. The molecule has 0 radical (unpaired) electrons. The summed E-state index contributed by atoms with van der Waals surface area (Å²) in [4.78, 5) is 16.8. The molecule has 0 aliphatic heterocycles. The second-order valence-corrected chi connectivity index (χ2v) is 7.83. The van der Waals surface area contributed by atoms with E-state index >= 15 is 0 Å². The molecule has 2 atom stereocenters. The Hall–Kier alpha value is -2.24. The van der Waals surface area contributed by atoms with Crippen molar-refractivity contribution in [2.75, 3.05) is 0 Å². The number of halogens is 4. The van der Waals surface area contributed by atoms with E-state index in [-0.39, 0.29) is 33.5 Å². The topological polar surface area (TPSA) is 34.9 Å². The van der Waals surface area contributed by atoms with Gasteiger partial charge >= 0.3 is 0 Å². The minimum atomic E-state index is -0.758. The van der Waals surface area contributed by atoms with Crippen molar-refractivity contribution < 1.29 is 8.78 Å². The van der Waals surface area contributed by atoms with Gasteiger partial charge in [0.1, 0.15) is 10.8 Å². The quantitative estimate of drug-likeness (QED) is 0.508. The average molecular weight is 421 g/mol. The van der Waals surface area contributed by atoms with Gasteiger partial charge in [-0.2, -0.15) is 0 Å². The number of benzene rings is 1. The fourth-order valence-electron chi connectivity index (χ4n) is 3.72. The molecule has 3 nitrogen and oxygen atoms in total. The van der Waals surface area contributed by atoms with E-state index in [0.29, 0.717) is 11.3 Å². The summed E-state index contributed by atoms with van der Waals surface area (Å²) >= 11 is 12.2. The number of hydrogen-bond acceptors (Lipinski definition) is 2. The zero-order valence-corrected chi connectivity index (χ0v) is 16.7. The van der Waals surface area contributed by atoms with Gasteiger partial charge in [-0.1, -0.05) is 35.3 Å². The van der Waals surface area contributed by atoms with Crippen molar-refractivity contribution in [1.29, 1.82) is 0 Å². The molecule has 2 heterocycles. The van der Waals surface area contributed by atoms with Crippen molar-refractivity contribution >= 4 is 23.2 Å². The van der Waals surface area contributed by atoms with Crippen LogP contribution in [0.2, 0.25) is 10.2 Å². The van der Waals surface area contributed by atoms with Crippen molar-refractivity contribution in [1.82, 2.24) is 9.55 Å². The van der Waals surface area contributed by atoms with Crippen LogP contribution in [0.5, 0.6) is 0 Å². The zero-order valence-electron chi connectivity index (χ0n) is 15.1. The molecule has 144 valence electrons. The lowest BCUT2D eigenvalue weighted by Gasteiger charge is -2.16. The SMILES string of the molecule is Cc1cnc(Cl)c(F)c1-n1c(C)cc([C@H]2C[C@@H]2c2ccc(F)cc2)c(Cl)c1=O. The van der Waals surface area contributed by atoms with Crippen molar-refractivity contribution in [2.45, 2.75) is 32.1 Å². The van der Waals surface area contributed by atoms with Crippen LogP contribution in [0.25, 0.3) is 5.69 Å². The first-order chi connectivity index (χ1) is 13.3. The Bertz CT molecular complexity index is 1140. The molecule has 1 aliphatic rings. The maximum atomic E-state index is 14.6. The van der Waals surface area contributed by atoms with Crippen LogP contribution in [0, 0.1) is 25.5 Å². The van der Waals surface area contributed by atoms with Crippen molar-refractivity contribution in [3.05, 3.63) is 91.1 Å². The zero-order chi connectivity index (χ0) is 20.2. The number of aryl methyl sites for hydroxylation is 2. The largest absolute Gasteiger partial charge is 0.277 e. The van der Waals surface area contributed by atoms with Crippen molar-refractivity contribution in [3.8, 4) is 5.69 Å². The molecule has 1 saturated carbocycles. The molecule has 0 amide bonds. The summed E-state index contributed by atoms with van der Waals surface area (Å²) < 4.78 is 29.0. The summed E-state index contributed by atoms with van der Waals surface area (Å²) in [5.74, 6) is -0.787. The molecule has 1 aliphatic carbocycles. The van der Waals surface area contributed by atoms with E-state index in [1.807, 2.05) is 6.07 Å². The Labute approximate surface area is 170 Å². The predicted octanol–water partition coefficient (Wildman–Crippen LogP) is 5.71. The first kappa shape index (κ1) is 19.1. The fraction of sp³-hybridized carbons (Fsp3) is 0.238. The average Bonchev–Trinajstić information content (AvgIpc) is 3.45. The van der Waals surface area contributed by atoms with E-state index in [1.54, 1.807) is 26.0 Å². The van der Waals surface area contributed by atoms with Gasteiger partial charge < -0.3 is 0 Å². The van der Waals surface area contributed by atoms with Crippen LogP contribution in [-0.2, 0) is 0 Å². The second kappa shape index (κ2) is 6.98. The van der Waals surface area contributed by atoms with Crippen LogP contribution in [0.3, 0.4) is 0 Å². The Kier molecular flexibility index (Phi) is 4.76. The van der Waals surface area contributed by atoms with Gasteiger partial charge in [0.15, 0.2) is 11.0 Å². The summed E-state index contributed by atoms with van der Waals surface area (Å²) in [6.45, 7) is 3.38. The third-order valence-corrected chi connectivity index (χ3v) is 5.85. The minimum absolute atomic E-state index is 0.0573. The summed E-state index contributed by atoms with van der Waals surface area (Å²) in [5, 5.41) is -0.238. The molecule has 1 aromatic carbocycles. The van der Waals surface area contributed by atoms with Crippen LogP contribution in [0.15, 0.2) is 41.3 Å². The molecular weight excluding hydrogens is 405 g/mol. The third kappa shape index (κ3) is 3.12. The van der Waals surface area contributed by atoms with Gasteiger partial charge in [0.25, 0.3) is 5.56 Å². The van der Waals surface area contributed by atoms with E-state index in [9.17, 15) is 13.6 Å². The van der Waals surface area contributed by atoms with Crippen LogP contribution < -0.4 is 5.56 Å². The highest BCUT2D eigenvalue weighted by Gasteiger charge is 2.41. The van der Waals surface area contributed by atoms with Gasteiger partial charge in [-0.25, -0.2) is 13.8 Å². The maximum Gasteiger partial charge on any atom is 0.274 e. The van der Waals surface area contributed by atoms with E-state index in [1.165, 1.54) is 22.9 Å². The van der Waals surface area contributed by atoms with E-state index < -0.39 is 11.4 Å². The fourth-order valence-corrected chi connectivity index (χ4v) is 4.13. The first-order valence-corrected chi connectivity index (χ1v) is 9.53. The lowest BCUT2D eigenvalue weighted by molar-refractivity contribution is 0.606. The van der Waals surface area contributed by atoms with E-state index in [2.05, 4.69) is 4.98 Å². The normalized spacial score (nSPS) is 18.4. The molecule has 4 rings (SSSR count). The number of aromatic nitrogens is 2. The Morgan fingerprint density at radius 3 is 2.46 bits per heavy atom. The Morgan fingerprint density at radius 2 is 1.79 bits per heavy atom. The Balaban J connectivity index is 1.78. The van der Waals surface area contributed by atoms with Gasteiger partial charge in [-0.15, -0.1) is 0 Å². The predicted molar refractivity (Wildman–Crippen MR) is 106 cm³/mol. The molecule has 0 N–H and O–H groups in total. The molecular formula is C21H16Cl2F2N2O. The van der Waals surface area contributed by atoms with Crippen LogP contribution in [0.4, 0.5) is 8.78 Å². The highest BCUT2D eigenvalue weighted by atomic mass is 35.5. The highest BCUT2D eigenvalue weighted by Crippen LogP contribution is 2.55. The van der Waals surface area contributed by atoms with Crippen LogP contribution in [0.1, 0.15) is 40.6 Å². The minimum Gasteiger partial charge on any atom is -0.277 e. The van der Waals surface area contributed by atoms with Gasteiger partial charge in [-0.3, -0.25) is 9.36 Å². The Morgan fingerprint density at radius 1 is 1.11 bits per heavy atom. The lowest BCUT2D eigenvalue weighted by atomic mass is 10.0. The molecule has 7 heteroatoms. The van der Waals surface area contributed by atoms with Gasteiger partial charge in [-0.05, 0) is 67.0 Å². The van der Waals surface area contributed by atoms with Gasteiger partial charge in [0.05, 0.1) is 5.69 Å². The maximum absolute atomic E-state index is 14.6. The number of nitrogens with zero attached hydrogens (tertiary/aromatic N) is 2. The first-order valence-electron chi connectivity index (χ1n) is 8.78. The lowest BCUT2D eigenvalue weighted by Crippen LogP contribution is -2.24. The smallest absolute Gasteiger partial charge is 0.274 e. The number of hydrogen-bond donors (Lipinski definition) is 0. The standard InChI is InChI=1S/C21H16Cl2F2N2O/c1-10-9-26-20(23)18(25)19(10)27-11(2)7-16(17(22)21(27)28)15-8-14(15)12-3-5-13(24)6-4-12/h3-7,9,14-15H,8H2,1-2H3/t14-,15+/m1/s1. The summed E-state index contributed by atoms with van der Waals surface area (Å²) in [5.41, 5.74) is 2.33. The van der Waals surface area contributed by atoms with Crippen LogP contribution in [-0.4, -0.2) is 9.55 Å². The second-order valence-electron chi connectivity index (χ2n) is 7.09. The molecule has 3 aromatic rings. The molecule has 28 heavy (non-hydrogen) atoms. The summed E-state index contributed by atoms with van der Waals surface area (Å²) in [6, 6.07) is 8.16. The summed E-state index contributed by atoms with van der Waals surface area (Å²) in [6.07, 6.45) is 2.24. The third-order valence-electron chi connectivity index (χ3n) is 5.21. The van der Waals surface area contributed by atoms with Crippen molar-refractivity contribution in [2.24, 2.45) is 0 Å². The van der Waals surface area contributed by atoms with Gasteiger partial charge in [0.2, 0.25) is 0 Å². The molecule has 0 spiro atoms. The number of pyridine rings is 2. The van der Waals surface area contributed by atoms with E-state index in [0.717, 1.165) is 17.5 Å². The highest BCUT2D eigenvalue weighted by molar-refractivity contribution is 6.31. The van der Waals surface area contributed by atoms with Gasteiger partial charge in [0, 0.05) is 11.9 Å². The summed E-state index contributed by atoms with van der Waals surface area (Å²) in [7, 11) is 0. The van der Waals surface area contributed by atoms with E-state index in [4.69, 9.17) is 23.2 Å². The van der Waals surface area contributed by atoms with Crippen LogP contribution >= 0.6 is 23.2 Å². The molecule has 0 unspecified atom stereocenters. The number of rotatable bonds is 3. The monoisotopic (exact) mass is 420 g/mol.